The van der Waals surface area contributed by atoms with E-state index in [9.17, 15) is 5.11 Å². The fourth-order valence-corrected chi connectivity index (χ4v) is 2.65. The zero-order valence-corrected chi connectivity index (χ0v) is 12.3. The Labute approximate surface area is 119 Å². The summed E-state index contributed by atoms with van der Waals surface area (Å²) in [5.41, 5.74) is 5.88. The third-order valence-corrected chi connectivity index (χ3v) is 3.74. The molecule has 2 rings (SSSR count). The number of aliphatic hydroxyl groups excluding tert-OH is 1. The highest BCUT2D eigenvalue weighted by Gasteiger charge is 2.12. The van der Waals surface area contributed by atoms with Gasteiger partial charge >= 0.3 is 0 Å². The minimum Gasteiger partial charge on any atom is -0.388 e. The maximum atomic E-state index is 10.3. The van der Waals surface area contributed by atoms with Gasteiger partial charge in [0.25, 0.3) is 0 Å². The van der Waals surface area contributed by atoms with E-state index < -0.39 is 6.10 Å². The van der Waals surface area contributed by atoms with E-state index in [1.54, 1.807) is 0 Å². The van der Waals surface area contributed by atoms with Gasteiger partial charge in [-0.1, -0.05) is 41.4 Å². The summed E-state index contributed by atoms with van der Waals surface area (Å²) in [4.78, 5) is 0. The maximum absolute atomic E-state index is 10.3. The normalized spacial score (nSPS) is 12.5. The summed E-state index contributed by atoms with van der Waals surface area (Å²) in [6.45, 7) is 6.30. The van der Waals surface area contributed by atoms with Crippen molar-refractivity contribution >= 4 is 11.6 Å². The molecule has 0 aromatic heterocycles. The van der Waals surface area contributed by atoms with Gasteiger partial charge in [-0.25, -0.2) is 0 Å². The van der Waals surface area contributed by atoms with Crippen molar-refractivity contribution < 1.29 is 5.11 Å². The molecular formula is C17H19ClO. The van der Waals surface area contributed by atoms with E-state index in [1.165, 1.54) is 22.3 Å². The molecule has 1 unspecified atom stereocenters. The van der Waals surface area contributed by atoms with Crippen LogP contribution in [0.25, 0.3) is 0 Å². The molecule has 0 aliphatic rings. The molecule has 0 bridgehead atoms. The van der Waals surface area contributed by atoms with E-state index in [0.717, 1.165) is 5.56 Å². The van der Waals surface area contributed by atoms with Gasteiger partial charge in [-0.15, -0.1) is 0 Å². The van der Waals surface area contributed by atoms with Crippen LogP contribution in [0.5, 0.6) is 0 Å². The van der Waals surface area contributed by atoms with Crippen molar-refractivity contribution in [2.24, 2.45) is 0 Å². The molecule has 0 spiro atoms. The summed E-state index contributed by atoms with van der Waals surface area (Å²) in [5.74, 6) is 0. The standard InChI is InChI=1S/C17H19ClO/c1-11-8-12(2)16(13(3)9-11)10-17(19)14-4-6-15(18)7-5-14/h4-9,17,19H,10H2,1-3H3. The minimum absolute atomic E-state index is 0.489. The van der Waals surface area contributed by atoms with E-state index in [0.29, 0.717) is 11.4 Å². The van der Waals surface area contributed by atoms with Gasteiger partial charge in [-0.05, 0) is 55.2 Å². The molecule has 0 saturated heterocycles. The van der Waals surface area contributed by atoms with E-state index in [1.807, 2.05) is 24.3 Å². The second kappa shape index (κ2) is 5.77. The van der Waals surface area contributed by atoms with Crippen LogP contribution in [0.2, 0.25) is 5.02 Å². The Morgan fingerprint density at radius 1 is 1.00 bits per heavy atom. The Morgan fingerprint density at radius 3 is 2.05 bits per heavy atom. The molecule has 1 N–H and O–H groups in total. The lowest BCUT2D eigenvalue weighted by atomic mass is 9.93. The number of halogens is 1. The predicted molar refractivity (Wildman–Crippen MR) is 80.8 cm³/mol. The third-order valence-electron chi connectivity index (χ3n) is 3.49. The van der Waals surface area contributed by atoms with Gasteiger partial charge < -0.3 is 5.11 Å². The molecule has 100 valence electrons. The topological polar surface area (TPSA) is 20.2 Å². The Morgan fingerprint density at radius 2 is 1.53 bits per heavy atom. The van der Waals surface area contributed by atoms with Crippen LogP contribution in [0, 0.1) is 20.8 Å². The lowest BCUT2D eigenvalue weighted by Gasteiger charge is -2.16. The van der Waals surface area contributed by atoms with Crippen LogP contribution in [0.15, 0.2) is 36.4 Å². The van der Waals surface area contributed by atoms with Crippen molar-refractivity contribution in [3.63, 3.8) is 0 Å². The average Bonchev–Trinajstić information content (AvgIpc) is 2.34. The highest BCUT2D eigenvalue weighted by Crippen LogP contribution is 2.24. The van der Waals surface area contributed by atoms with Crippen molar-refractivity contribution in [2.75, 3.05) is 0 Å². The number of rotatable bonds is 3. The first kappa shape index (κ1) is 14.1. The second-order valence-corrected chi connectivity index (χ2v) is 5.59. The Bertz CT molecular complexity index is 549. The molecular weight excluding hydrogens is 256 g/mol. The van der Waals surface area contributed by atoms with E-state index in [2.05, 4.69) is 32.9 Å². The van der Waals surface area contributed by atoms with Crippen molar-refractivity contribution in [1.29, 1.82) is 0 Å². The van der Waals surface area contributed by atoms with Crippen LogP contribution < -0.4 is 0 Å². The molecule has 1 atom stereocenters. The van der Waals surface area contributed by atoms with Gasteiger partial charge in [0, 0.05) is 11.4 Å². The van der Waals surface area contributed by atoms with Crippen LogP contribution in [-0.4, -0.2) is 5.11 Å². The zero-order chi connectivity index (χ0) is 14.0. The zero-order valence-electron chi connectivity index (χ0n) is 11.6. The second-order valence-electron chi connectivity index (χ2n) is 5.15. The van der Waals surface area contributed by atoms with Crippen LogP contribution >= 0.6 is 11.6 Å². The van der Waals surface area contributed by atoms with Crippen molar-refractivity contribution in [3.05, 3.63) is 69.2 Å². The molecule has 0 radical (unpaired) electrons. The molecule has 2 aromatic rings. The molecule has 1 nitrogen and oxygen atoms in total. The number of aryl methyl sites for hydroxylation is 3. The van der Waals surface area contributed by atoms with Gasteiger partial charge in [0.1, 0.15) is 0 Å². The average molecular weight is 275 g/mol. The summed E-state index contributed by atoms with van der Waals surface area (Å²) >= 11 is 5.86. The van der Waals surface area contributed by atoms with Gasteiger partial charge in [-0.2, -0.15) is 0 Å². The first-order valence-corrected chi connectivity index (χ1v) is 6.85. The molecule has 0 saturated carbocycles. The quantitative estimate of drug-likeness (QED) is 0.871. The fourth-order valence-electron chi connectivity index (χ4n) is 2.53. The number of aliphatic hydroxyl groups is 1. The number of hydrogen-bond donors (Lipinski definition) is 1. The summed E-state index contributed by atoms with van der Waals surface area (Å²) in [7, 11) is 0. The smallest absolute Gasteiger partial charge is 0.0830 e. The molecule has 0 fully saturated rings. The molecule has 19 heavy (non-hydrogen) atoms. The van der Waals surface area contributed by atoms with Crippen molar-refractivity contribution in [3.8, 4) is 0 Å². The lowest BCUT2D eigenvalue weighted by molar-refractivity contribution is 0.178. The summed E-state index contributed by atoms with van der Waals surface area (Å²) in [6.07, 6.45) is 0.150. The number of hydrogen-bond acceptors (Lipinski definition) is 1. The Hall–Kier alpha value is -1.31. The molecule has 0 heterocycles. The minimum atomic E-state index is -0.489. The Kier molecular flexibility index (Phi) is 4.28. The summed E-state index contributed by atoms with van der Waals surface area (Å²) in [5, 5.41) is 11.0. The van der Waals surface area contributed by atoms with E-state index >= 15 is 0 Å². The molecule has 0 amide bonds. The number of benzene rings is 2. The van der Waals surface area contributed by atoms with Gasteiger partial charge in [0.05, 0.1) is 6.10 Å². The molecule has 2 heteroatoms. The largest absolute Gasteiger partial charge is 0.388 e. The van der Waals surface area contributed by atoms with Gasteiger partial charge in [-0.3, -0.25) is 0 Å². The highest BCUT2D eigenvalue weighted by molar-refractivity contribution is 6.30. The van der Waals surface area contributed by atoms with Crippen LogP contribution in [-0.2, 0) is 6.42 Å². The van der Waals surface area contributed by atoms with E-state index in [-0.39, 0.29) is 0 Å². The Balaban J connectivity index is 2.24. The van der Waals surface area contributed by atoms with Gasteiger partial charge in [0.15, 0.2) is 0 Å². The highest BCUT2D eigenvalue weighted by atomic mass is 35.5. The lowest BCUT2D eigenvalue weighted by Crippen LogP contribution is -2.05. The maximum Gasteiger partial charge on any atom is 0.0830 e. The first-order valence-electron chi connectivity index (χ1n) is 6.47. The summed E-state index contributed by atoms with van der Waals surface area (Å²) < 4.78 is 0. The van der Waals surface area contributed by atoms with Crippen LogP contribution in [0.3, 0.4) is 0 Å². The van der Waals surface area contributed by atoms with Crippen molar-refractivity contribution in [2.45, 2.75) is 33.3 Å². The van der Waals surface area contributed by atoms with Crippen LogP contribution in [0.1, 0.15) is 33.9 Å². The molecule has 0 aliphatic heterocycles. The monoisotopic (exact) mass is 274 g/mol. The van der Waals surface area contributed by atoms with E-state index in [4.69, 9.17) is 11.6 Å². The molecule has 2 aromatic carbocycles. The first-order chi connectivity index (χ1) is 8.97. The van der Waals surface area contributed by atoms with Crippen molar-refractivity contribution in [1.82, 2.24) is 0 Å². The predicted octanol–water partition coefficient (Wildman–Crippen LogP) is 4.54. The van der Waals surface area contributed by atoms with Crippen LogP contribution in [0.4, 0.5) is 0 Å². The SMILES string of the molecule is Cc1cc(C)c(CC(O)c2ccc(Cl)cc2)c(C)c1. The fraction of sp³-hybridized carbons (Fsp3) is 0.294. The van der Waals surface area contributed by atoms with Gasteiger partial charge in [0.2, 0.25) is 0 Å². The molecule has 0 aliphatic carbocycles. The summed E-state index contributed by atoms with van der Waals surface area (Å²) in [6, 6.07) is 11.7. The third kappa shape index (κ3) is 3.37.